The average Bonchev–Trinajstić information content (AvgIpc) is 3.15. The monoisotopic (exact) mass is 294 g/mol. The molecule has 22 heavy (non-hydrogen) atoms. The molecule has 0 saturated carbocycles. The maximum Gasteiger partial charge on any atom is 0.125 e. The second-order valence-electron chi connectivity index (χ2n) is 6.49. The molecule has 0 atom stereocenters. The zero-order chi connectivity index (χ0) is 15.3. The Balaban J connectivity index is 1.80. The van der Waals surface area contributed by atoms with Crippen molar-refractivity contribution in [3.05, 3.63) is 57.1 Å². The minimum Gasteiger partial charge on any atom is -0.493 e. The fraction of sp³-hybridized carbons (Fsp3) is 0.400. The molecular formula is C20H22O2. The Morgan fingerprint density at radius 3 is 2.64 bits per heavy atom. The molecule has 0 spiro atoms. The lowest BCUT2D eigenvalue weighted by Gasteiger charge is -2.16. The average molecular weight is 294 g/mol. The highest BCUT2D eigenvalue weighted by atomic mass is 16.5. The van der Waals surface area contributed by atoms with Crippen molar-refractivity contribution in [2.24, 2.45) is 0 Å². The van der Waals surface area contributed by atoms with Crippen LogP contribution in [0, 0.1) is 20.8 Å². The van der Waals surface area contributed by atoms with Crippen molar-refractivity contribution < 1.29 is 9.47 Å². The van der Waals surface area contributed by atoms with Gasteiger partial charge in [0.15, 0.2) is 0 Å². The first-order chi connectivity index (χ1) is 10.6. The summed E-state index contributed by atoms with van der Waals surface area (Å²) in [4.78, 5) is 0. The van der Waals surface area contributed by atoms with E-state index in [1.807, 2.05) is 0 Å². The summed E-state index contributed by atoms with van der Waals surface area (Å²) in [7, 11) is 0. The van der Waals surface area contributed by atoms with E-state index >= 15 is 0 Å². The fourth-order valence-corrected chi connectivity index (χ4v) is 3.77. The molecule has 0 saturated heterocycles. The van der Waals surface area contributed by atoms with E-state index in [0.717, 1.165) is 44.0 Å². The fourth-order valence-electron chi connectivity index (χ4n) is 3.77. The van der Waals surface area contributed by atoms with E-state index in [-0.39, 0.29) is 0 Å². The first kappa shape index (κ1) is 13.7. The number of fused-ring (bicyclic) bond motifs is 2. The summed E-state index contributed by atoms with van der Waals surface area (Å²) in [6.07, 6.45) is 3.08. The number of aryl methyl sites for hydroxylation is 1. The van der Waals surface area contributed by atoms with Crippen LogP contribution in [-0.4, -0.2) is 13.2 Å². The van der Waals surface area contributed by atoms with Crippen molar-refractivity contribution >= 4 is 0 Å². The van der Waals surface area contributed by atoms with E-state index in [9.17, 15) is 0 Å². The number of benzene rings is 2. The summed E-state index contributed by atoms with van der Waals surface area (Å²) in [5.74, 6) is 2.21. The Bertz CT molecular complexity index is 759. The van der Waals surface area contributed by atoms with Gasteiger partial charge in [-0.25, -0.2) is 0 Å². The topological polar surface area (TPSA) is 18.5 Å². The van der Waals surface area contributed by atoms with Gasteiger partial charge in [0.05, 0.1) is 13.2 Å². The SMILES string of the molecule is Cc1ccc2c(c1Cc1cc3c(c(C)c1C)OCC3)CCO2. The van der Waals surface area contributed by atoms with Crippen molar-refractivity contribution in [3.8, 4) is 11.5 Å². The first-order valence-corrected chi connectivity index (χ1v) is 8.14. The van der Waals surface area contributed by atoms with Crippen molar-refractivity contribution in [2.75, 3.05) is 13.2 Å². The third kappa shape index (κ3) is 2.01. The Morgan fingerprint density at radius 1 is 0.955 bits per heavy atom. The summed E-state index contributed by atoms with van der Waals surface area (Å²) >= 11 is 0. The normalized spacial score (nSPS) is 15.2. The number of hydrogen-bond acceptors (Lipinski definition) is 2. The molecule has 2 aromatic carbocycles. The maximum absolute atomic E-state index is 5.79. The molecule has 0 radical (unpaired) electrons. The van der Waals surface area contributed by atoms with Crippen LogP contribution in [0.1, 0.15) is 38.9 Å². The van der Waals surface area contributed by atoms with Gasteiger partial charge in [-0.3, -0.25) is 0 Å². The van der Waals surface area contributed by atoms with Gasteiger partial charge < -0.3 is 9.47 Å². The summed E-state index contributed by atoms with van der Waals surface area (Å²) < 4.78 is 11.5. The summed E-state index contributed by atoms with van der Waals surface area (Å²) in [5.41, 5.74) is 9.73. The number of rotatable bonds is 2. The predicted octanol–water partition coefficient (Wildman–Crippen LogP) is 4.07. The summed E-state index contributed by atoms with van der Waals surface area (Å²) in [5, 5.41) is 0. The van der Waals surface area contributed by atoms with Crippen molar-refractivity contribution in [2.45, 2.75) is 40.0 Å². The van der Waals surface area contributed by atoms with E-state index in [1.165, 1.54) is 38.9 Å². The zero-order valence-corrected chi connectivity index (χ0v) is 13.6. The highest BCUT2D eigenvalue weighted by Crippen LogP contribution is 2.37. The van der Waals surface area contributed by atoms with E-state index in [0.29, 0.717) is 0 Å². The maximum atomic E-state index is 5.79. The number of hydrogen-bond donors (Lipinski definition) is 0. The molecule has 0 amide bonds. The molecule has 0 fully saturated rings. The highest BCUT2D eigenvalue weighted by molar-refractivity contribution is 5.54. The molecule has 2 heteroatoms. The lowest BCUT2D eigenvalue weighted by atomic mass is 9.89. The van der Waals surface area contributed by atoms with E-state index < -0.39 is 0 Å². The third-order valence-electron chi connectivity index (χ3n) is 5.24. The van der Waals surface area contributed by atoms with Crippen LogP contribution in [0.15, 0.2) is 18.2 Å². The molecule has 0 bridgehead atoms. The number of ether oxygens (including phenoxy) is 2. The van der Waals surface area contributed by atoms with Crippen LogP contribution in [0.4, 0.5) is 0 Å². The minimum absolute atomic E-state index is 0.821. The lowest BCUT2D eigenvalue weighted by molar-refractivity contribution is 0.354. The quantitative estimate of drug-likeness (QED) is 0.831. The molecule has 2 nitrogen and oxygen atoms in total. The first-order valence-electron chi connectivity index (χ1n) is 8.14. The van der Waals surface area contributed by atoms with Gasteiger partial charge in [0, 0.05) is 18.4 Å². The van der Waals surface area contributed by atoms with Gasteiger partial charge in [-0.15, -0.1) is 0 Å². The van der Waals surface area contributed by atoms with Crippen LogP contribution in [-0.2, 0) is 19.3 Å². The molecule has 4 rings (SSSR count). The molecular weight excluding hydrogens is 272 g/mol. The van der Waals surface area contributed by atoms with Gasteiger partial charge in [0.2, 0.25) is 0 Å². The van der Waals surface area contributed by atoms with E-state index in [1.54, 1.807) is 0 Å². The second-order valence-corrected chi connectivity index (χ2v) is 6.49. The Labute approximate surface area is 132 Å². The van der Waals surface area contributed by atoms with Gasteiger partial charge in [-0.05, 0) is 66.6 Å². The molecule has 2 aromatic rings. The minimum atomic E-state index is 0.821. The van der Waals surface area contributed by atoms with E-state index in [2.05, 4.69) is 39.0 Å². The van der Waals surface area contributed by atoms with Crippen molar-refractivity contribution in [1.82, 2.24) is 0 Å². The van der Waals surface area contributed by atoms with Crippen LogP contribution < -0.4 is 9.47 Å². The molecule has 114 valence electrons. The molecule has 0 N–H and O–H groups in total. The summed E-state index contributed by atoms with van der Waals surface area (Å²) in [6, 6.07) is 6.67. The Kier molecular flexibility index (Phi) is 3.14. The van der Waals surface area contributed by atoms with Crippen LogP contribution in [0.3, 0.4) is 0 Å². The van der Waals surface area contributed by atoms with Crippen LogP contribution in [0.25, 0.3) is 0 Å². The van der Waals surface area contributed by atoms with Gasteiger partial charge in [-0.2, -0.15) is 0 Å². The van der Waals surface area contributed by atoms with Crippen molar-refractivity contribution in [1.29, 1.82) is 0 Å². The molecule has 0 aromatic heterocycles. The predicted molar refractivity (Wildman–Crippen MR) is 88.3 cm³/mol. The second kappa shape index (κ2) is 5.05. The molecule has 0 unspecified atom stereocenters. The van der Waals surface area contributed by atoms with Crippen LogP contribution >= 0.6 is 0 Å². The standard InChI is InChI=1S/C20H22O2/c1-12-4-5-19-17(7-9-21-19)18(12)11-16-10-15-6-8-22-20(15)14(3)13(16)2/h4-5,10H,6-9,11H2,1-3H3. The molecule has 2 aliphatic rings. The molecule has 2 heterocycles. The van der Waals surface area contributed by atoms with Crippen LogP contribution in [0.2, 0.25) is 0 Å². The van der Waals surface area contributed by atoms with Gasteiger partial charge in [-0.1, -0.05) is 12.1 Å². The lowest BCUT2D eigenvalue weighted by Crippen LogP contribution is -2.01. The molecule has 2 aliphatic heterocycles. The Hall–Kier alpha value is -1.96. The summed E-state index contributed by atoms with van der Waals surface area (Å²) in [6.45, 7) is 8.27. The van der Waals surface area contributed by atoms with Gasteiger partial charge in [0.25, 0.3) is 0 Å². The van der Waals surface area contributed by atoms with Gasteiger partial charge in [0.1, 0.15) is 11.5 Å². The Morgan fingerprint density at radius 2 is 1.77 bits per heavy atom. The van der Waals surface area contributed by atoms with Crippen molar-refractivity contribution in [3.63, 3.8) is 0 Å². The van der Waals surface area contributed by atoms with E-state index in [4.69, 9.17) is 9.47 Å². The van der Waals surface area contributed by atoms with Gasteiger partial charge >= 0.3 is 0 Å². The zero-order valence-electron chi connectivity index (χ0n) is 13.6. The highest BCUT2D eigenvalue weighted by Gasteiger charge is 2.22. The largest absolute Gasteiger partial charge is 0.493 e. The van der Waals surface area contributed by atoms with Crippen LogP contribution in [0.5, 0.6) is 11.5 Å². The molecule has 0 aliphatic carbocycles. The third-order valence-corrected chi connectivity index (χ3v) is 5.24. The smallest absolute Gasteiger partial charge is 0.125 e.